The van der Waals surface area contributed by atoms with E-state index in [1.54, 1.807) is 19.0 Å². The molecule has 2 rings (SSSR count). The van der Waals surface area contributed by atoms with Crippen molar-refractivity contribution in [3.05, 3.63) is 17.0 Å². The molecule has 166 valence electrons. The molecule has 1 aromatic rings. The molecule has 29 heavy (non-hydrogen) atoms. The average molecular weight is 520 g/mol. The molecule has 9 heteroatoms. The fraction of sp³-hybridized carbons (Fsp3) is 0.750. The molecule has 1 fully saturated rings. The van der Waals surface area contributed by atoms with Crippen LogP contribution in [0.4, 0.5) is 0 Å². The highest BCUT2D eigenvalue weighted by atomic mass is 127. The maximum absolute atomic E-state index is 11.9. The standard InChI is InChI=1S/C20H36N6O2.HI/c1-14(11-18-15(2)24-26(6)16(18)3)23-20(22-13-19(27)25(4)5)21-12-17-9-7-8-10-28-17;/h14,17H,7-13H2,1-6H3,(H2,21,22,23);1H. The second-order valence-electron chi connectivity index (χ2n) is 7.84. The number of carbonyl (C=O) groups excluding carboxylic acids is 1. The molecule has 2 heterocycles. The van der Waals surface area contributed by atoms with Gasteiger partial charge in [0, 0.05) is 46.0 Å². The van der Waals surface area contributed by atoms with E-state index in [1.165, 1.54) is 17.7 Å². The van der Waals surface area contributed by atoms with Crippen LogP contribution >= 0.6 is 24.0 Å². The van der Waals surface area contributed by atoms with Crippen LogP contribution in [0, 0.1) is 13.8 Å². The van der Waals surface area contributed by atoms with Crippen molar-refractivity contribution in [2.45, 2.75) is 58.6 Å². The van der Waals surface area contributed by atoms with Gasteiger partial charge < -0.3 is 20.3 Å². The number of aliphatic imine (C=N–C) groups is 1. The molecule has 0 radical (unpaired) electrons. The number of ether oxygens (including phenoxy) is 1. The van der Waals surface area contributed by atoms with Crippen LogP contribution in [-0.2, 0) is 23.0 Å². The molecule has 0 aliphatic carbocycles. The van der Waals surface area contributed by atoms with Crippen LogP contribution in [0.1, 0.15) is 43.1 Å². The van der Waals surface area contributed by atoms with E-state index in [1.807, 2.05) is 18.7 Å². The Labute approximate surface area is 191 Å². The Balaban J connectivity index is 0.00000420. The van der Waals surface area contributed by atoms with Crippen LogP contribution in [0.15, 0.2) is 4.99 Å². The van der Waals surface area contributed by atoms with Crippen LogP contribution in [-0.4, -0.2) is 72.5 Å². The molecule has 0 bridgehead atoms. The summed E-state index contributed by atoms with van der Waals surface area (Å²) in [6.07, 6.45) is 4.42. The van der Waals surface area contributed by atoms with E-state index in [-0.39, 0.29) is 48.6 Å². The van der Waals surface area contributed by atoms with Gasteiger partial charge in [0.1, 0.15) is 6.54 Å². The minimum absolute atomic E-state index is 0. The molecule has 8 nitrogen and oxygen atoms in total. The van der Waals surface area contributed by atoms with E-state index in [4.69, 9.17) is 4.74 Å². The van der Waals surface area contributed by atoms with E-state index >= 15 is 0 Å². The number of hydrogen-bond donors (Lipinski definition) is 2. The highest BCUT2D eigenvalue weighted by Gasteiger charge is 2.17. The Morgan fingerprint density at radius 2 is 2.10 bits per heavy atom. The lowest BCUT2D eigenvalue weighted by Crippen LogP contribution is -2.46. The molecule has 1 amide bonds. The fourth-order valence-corrected chi connectivity index (χ4v) is 3.32. The number of carbonyl (C=O) groups is 1. The number of nitrogens with zero attached hydrogens (tertiary/aromatic N) is 4. The van der Waals surface area contributed by atoms with E-state index in [9.17, 15) is 4.79 Å². The Morgan fingerprint density at radius 3 is 2.66 bits per heavy atom. The Bertz CT molecular complexity index is 683. The lowest BCUT2D eigenvalue weighted by atomic mass is 10.1. The van der Waals surface area contributed by atoms with Crippen molar-refractivity contribution in [2.24, 2.45) is 12.0 Å². The number of guanidine groups is 1. The first-order chi connectivity index (χ1) is 13.3. The summed E-state index contributed by atoms with van der Waals surface area (Å²) in [6, 6.07) is 0.148. The second kappa shape index (κ2) is 12.4. The van der Waals surface area contributed by atoms with Crippen molar-refractivity contribution in [3.8, 4) is 0 Å². The largest absolute Gasteiger partial charge is 0.376 e. The third-order valence-corrected chi connectivity index (χ3v) is 5.19. The summed E-state index contributed by atoms with van der Waals surface area (Å²) in [6.45, 7) is 7.88. The van der Waals surface area contributed by atoms with Crippen LogP contribution in [0.5, 0.6) is 0 Å². The van der Waals surface area contributed by atoms with E-state index in [0.29, 0.717) is 12.5 Å². The van der Waals surface area contributed by atoms with Gasteiger partial charge in [0.05, 0.1) is 11.8 Å². The third-order valence-electron chi connectivity index (χ3n) is 5.19. The van der Waals surface area contributed by atoms with Crippen LogP contribution in [0.25, 0.3) is 0 Å². The highest BCUT2D eigenvalue weighted by Crippen LogP contribution is 2.14. The van der Waals surface area contributed by atoms with Crippen molar-refractivity contribution in [1.29, 1.82) is 0 Å². The van der Waals surface area contributed by atoms with Crippen molar-refractivity contribution in [2.75, 3.05) is 33.8 Å². The molecule has 0 aromatic carbocycles. The lowest BCUT2D eigenvalue weighted by Gasteiger charge is -2.25. The Kier molecular flexibility index (Phi) is 10.9. The number of amides is 1. The van der Waals surface area contributed by atoms with Crippen LogP contribution in [0.3, 0.4) is 0 Å². The summed E-state index contributed by atoms with van der Waals surface area (Å²) in [4.78, 5) is 18.0. The minimum atomic E-state index is -0.0263. The predicted octanol–water partition coefficient (Wildman–Crippen LogP) is 1.78. The Hall–Kier alpha value is -1.36. The predicted molar refractivity (Wildman–Crippen MR) is 127 cm³/mol. The summed E-state index contributed by atoms with van der Waals surface area (Å²) < 4.78 is 7.71. The van der Waals surface area contributed by atoms with Gasteiger partial charge in [-0.2, -0.15) is 5.10 Å². The quantitative estimate of drug-likeness (QED) is 0.326. The molecule has 2 atom stereocenters. The minimum Gasteiger partial charge on any atom is -0.376 e. The van der Waals surface area contributed by atoms with Crippen molar-refractivity contribution < 1.29 is 9.53 Å². The Morgan fingerprint density at radius 1 is 1.38 bits per heavy atom. The number of aromatic nitrogens is 2. The summed E-state index contributed by atoms with van der Waals surface area (Å²) >= 11 is 0. The molecule has 2 unspecified atom stereocenters. The number of aryl methyl sites for hydroxylation is 2. The first kappa shape index (κ1) is 25.7. The normalized spacial score (nSPS) is 18.0. The third kappa shape index (κ3) is 8.12. The van der Waals surface area contributed by atoms with Crippen molar-refractivity contribution >= 4 is 35.8 Å². The fourth-order valence-electron chi connectivity index (χ4n) is 3.32. The number of nitrogens with one attached hydrogen (secondary N) is 2. The molecule has 1 aliphatic rings. The van der Waals surface area contributed by atoms with E-state index in [2.05, 4.69) is 34.6 Å². The van der Waals surface area contributed by atoms with Crippen LogP contribution in [0.2, 0.25) is 0 Å². The smallest absolute Gasteiger partial charge is 0.243 e. The summed E-state index contributed by atoms with van der Waals surface area (Å²) in [5.74, 6) is 0.623. The van der Waals surface area contributed by atoms with Gasteiger partial charge >= 0.3 is 0 Å². The zero-order valence-corrected chi connectivity index (χ0v) is 20.9. The molecule has 1 aromatic heterocycles. The zero-order chi connectivity index (χ0) is 20.7. The molecule has 0 spiro atoms. The number of hydrogen-bond acceptors (Lipinski definition) is 4. The average Bonchev–Trinajstić information content (AvgIpc) is 2.90. The SMILES string of the molecule is Cc1nn(C)c(C)c1CC(C)NC(=NCC(=O)N(C)C)NCC1CCCCO1.I. The zero-order valence-electron chi connectivity index (χ0n) is 18.6. The van der Waals surface area contributed by atoms with Gasteiger partial charge in [0.2, 0.25) is 5.91 Å². The molecule has 1 aliphatic heterocycles. The van der Waals surface area contributed by atoms with Crippen LogP contribution < -0.4 is 10.6 Å². The maximum atomic E-state index is 11.9. The van der Waals surface area contributed by atoms with Gasteiger partial charge in [0.15, 0.2) is 5.96 Å². The van der Waals surface area contributed by atoms with Gasteiger partial charge in [-0.3, -0.25) is 9.48 Å². The first-order valence-electron chi connectivity index (χ1n) is 10.1. The molecule has 0 saturated carbocycles. The number of rotatable bonds is 7. The summed E-state index contributed by atoms with van der Waals surface area (Å²) in [7, 11) is 5.45. The topological polar surface area (TPSA) is 83.8 Å². The van der Waals surface area contributed by atoms with Crippen molar-refractivity contribution in [1.82, 2.24) is 25.3 Å². The van der Waals surface area contributed by atoms with Crippen molar-refractivity contribution in [3.63, 3.8) is 0 Å². The molecular weight excluding hydrogens is 483 g/mol. The van der Waals surface area contributed by atoms with E-state index < -0.39 is 0 Å². The van der Waals surface area contributed by atoms with Gasteiger partial charge in [-0.25, -0.2) is 4.99 Å². The monoisotopic (exact) mass is 520 g/mol. The molecular formula is C20H37IN6O2. The van der Waals surface area contributed by atoms with Gasteiger partial charge in [-0.05, 0) is 52.0 Å². The maximum Gasteiger partial charge on any atom is 0.243 e. The highest BCUT2D eigenvalue weighted by molar-refractivity contribution is 14.0. The van der Waals surface area contributed by atoms with Gasteiger partial charge in [-0.1, -0.05) is 0 Å². The molecule has 1 saturated heterocycles. The first-order valence-corrected chi connectivity index (χ1v) is 10.1. The van der Waals surface area contributed by atoms with Gasteiger partial charge in [0.25, 0.3) is 0 Å². The van der Waals surface area contributed by atoms with Gasteiger partial charge in [-0.15, -0.1) is 24.0 Å². The summed E-state index contributed by atoms with van der Waals surface area (Å²) in [5.41, 5.74) is 3.48. The summed E-state index contributed by atoms with van der Waals surface area (Å²) in [5, 5.41) is 11.3. The lowest BCUT2D eigenvalue weighted by molar-refractivity contribution is -0.127. The van der Waals surface area contributed by atoms with E-state index in [0.717, 1.165) is 31.6 Å². The second-order valence-corrected chi connectivity index (χ2v) is 7.84. The number of halogens is 1. The number of likely N-dealkylation sites (N-methyl/N-ethyl adjacent to an activating group) is 1. The molecule has 2 N–H and O–H groups in total.